The lowest BCUT2D eigenvalue weighted by molar-refractivity contribution is -0.117. The first-order valence-corrected chi connectivity index (χ1v) is 11.9. The Bertz CT molecular complexity index is 1030. The van der Waals surface area contributed by atoms with E-state index in [9.17, 15) is 14.4 Å². The van der Waals surface area contributed by atoms with E-state index >= 15 is 0 Å². The van der Waals surface area contributed by atoms with Crippen LogP contribution in [0.25, 0.3) is 0 Å². The van der Waals surface area contributed by atoms with Crippen LogP contribution in [-0.2, 0) is 4.79 Å². The third-order valence-corrected chi connectivity index (χ3v) is 6.55. The van der Waals surface area contributed by atoms with Gasteiger partial charge < -0.3 is 20.3 Å². The lowest BCUT2D eigenvalue weighted by Crippen LogP contribution is -2.46. The number of nitrogens with one attached hydrogen (secondary N) is 2. The molecule has 0 bridgehead atoms. The lowest BCUT2D eigenvalue weighted by atomic mass is 10.0. The fourth-order valence-corrected chi connectivity index (χ4v) is 4.67. The fourth-order valence-electron chi connectivity index (χ4n) is 4.67. The van der Waals surface area contributed by atoms with Crippen molar-refractivity contribution in [2.45, 2.75) is 51.0 Å². The highest BCUT2D eigenvalue weighted by atomic mass is 16.5. The number of piperidine rings is 1. The van der Waals surface area contributed by atoms with Crippen LogP contribution in [0, 0.1) is 5.92 Å². The van der Waals surface area contributed by atoms with Gasteiger partial charge in [-0.15, -0.1) is 0 Å². The van der Waals surface area contributed by atoms with Crippen molar-refractivity contribution in [3.63, 3.8) is 0 Å². The van der Waals surface area contributed by atoms with Crippen molar-refractivity contribution in [2.75, 3.05) is 25.5 Å². The van der Waals surface area contributed by atoms with Crippen molar-refractivity contribution in [2.24, 2.45) is 5.92 Å². The normalized spacial score (nSPS) is 16.8. The molecule has 2 aromatic rings. The SMILES string of the molecule is COc1cccc(C(=O)N2CCC(NC(=O)c3nccnc3NC(=O)CC3CCCC3)CC2)c1. The van der Waals surface area contributed by atoms with Crippen LogP contribution in [0.4, 0.5) is 5.82 Å². The first-order valence-electron chi connectivity index (χ1n) is 11.9. The van der Waals surface area contributed by atoms with Crippen LogP contribution < -0.4 is 15.4 Å². The number of aromatic nitrogens is 2. The molecule has 3 amide bonds. The monoisotopic (exact) mass is 465 g/mol. The van der Waals surface area contributed by atoms with E-state index in [1.165, 1.54) is 25.2 Å². The van der Waals surface area contributed by atoms with Gasteiger partial charge in [0.2, 0.25) is 5.91 Å². The van der Waals surface area contributed by atoms with Crippen LogP contribution in [0.3, 0.4) is 0 Å². The minimum absolute atomic E-state index is 0.0511. The van der Waals surface area contributed by atoms with Gasteiger partial charge in [0.1, 0.15) is 5.75 Å². The van der Waals surface area contributed by atoms with E-state index < -0.39 is 0 Å². The second-order valence-electron chi connectivity index (χ2n) is 8.93. The average molecular weight is 466 g/mol. The Morgan fingerprint density at radius 3 is 2.53 bits per heavy atom. The largest absolute Gasteiger partial charge is 0.497 e. The molecule has 0 spiro atoms. The second kappa shape index (κ2) is 11.1. The van der Waals surface area contributed by atoms with Crippen LogP contribution in [-0.4, -0.2) is 58.8 Å². The number of hydrogen-bond donors (Lipinski definition) is 2. The highest BCUT2D eigenvalue weighted by Gasteiger charge is 2.27. The summed E-state index contributed by atoms with van der Waals surface area (Å²) in [5.41, 5.74) is 0.691. The predicted molar refractivity (Wildman–Crippen MR) is 127 cm³/mol. The summed E-state index contributed by atoms with van der Waals surface area (Å²) in [6.07, 6.45) is 9.08. The van der Waals surface area contributed by atoms with Crippen molar-refractivity contribution < 1.29 is 19.1 Å². The first-order chi connectivity index (χ1) is 16.5. The summed E-state index contributed by atoms with van der Waals surface area (Å²) in [7, 11) is 1.57. The standard InChI is InChI=1S/C25H31N5O4/c1-34-20-8-4-7-18(16-20)25(33)30-13-9-19(10-14-30)28-24(32)22-23(27-12-11-26-22)29-21(31)15-17-5-2-3-6-17/h4,7-8,11-12,16-17,19H,2-3,5-6,9-10,13-15H2,1H3,(H,28,32)(H,27,29,31). The average Bonchev–Trinajstić information content (AvgIpc) is 3.37. The van der Waals surface area contributed by atoms with Gasteiger partial charge in [-0.2, -0.15) is 0 Å². The topological polar surface area (TPSA) is 114 Å². The van der Waals surface area contributed by atoms with Crippen LogP contribution in [0.5, 0.6) is 5.75 Å². The van der Waals surface area contributed by atoms with Gasteiger partial charge in [0.15, 0.2) is 11.5 Å². The maximum atomic E-state index is 12.9. The molecule has 1 saturated heterocycles. The van der Waals surface area contributed by atoms with E-state index in [-0.39, 0.29) is 35.3 Å². The Labute approximate surface area is 199 Å². The Morgan fingerprint density at radius 1 is 1.06 bits per heavy atom. The number of amides is 3. The van der Waals surface area contributed by atoms with E-state index in [1.54, 1.807) is 36.3 Å². The summed E-state index contributed by atoms with van der Waals surface area (Å²) in [6.45, 7) is 1.07. The zero-order valence-electron chi connectivity index (χ0n) is 19.5. The number of nitrogens with zero attached hydrogens (tertiary/aromatic N) is 3. The third-order valence-electron chi connectivity index (χ3n) is 6.55. The van der Waals surface area contributed by atoms with Crippen LogP contribution in [0.15, 0.2) is 36.7 Å². The number of carbonyl (C=O) groups is 3. The van der Waals surface area contributed by atoms with Crippen molar-refractivity contribution in [1.82, 2.24) is 20.2 Å². The minimum atomic E-state index is -0.373. The van der Waals surface area contributed by atoms with E-state index in [1.807, 2.05) is 0 Å². The molecular weight excluding hydrogens is 434 g/mol. The lowest BCUT2D eigenvalue weighted by Gasteiger charge is -2.32. The summed E-state index contributed by atoms with van der Waals surface area (Å²) >= 11 is 0. The molecule has 34 heavy (non-hydrogen) atoms. The molecule has 0 unspecified atom stereocenters. The molecule has 2 fully saturated rings. The van der Waals surface area contributed by atoms with E-state index in [0.29, 0.717) is 49.6 Å². The minimum Gasteiger partial charge on any atom is -0.497 e. The summed E-state index contributed by atoms with van der Waals surface area (Å²) < 4.78 is 5.21. The van der Waals surface area contributed by atoms with Crippen molar-refractivity contribution >= 4 is 23.5 Å². The van der Waals surface area contributed by atoms with Crippen LogP contribution >= 0.6 is 0 Å². The summed E-state index contributed by atoms with van der Waals surface area (Å²) in [5.74, 6) is 0.674. The van der Waals surface area contributed by atoms with Crippen molar-refractivity contribution in [3.8, 4) is 5.75 Å². The van der Waals surface area contributed by atoms with Gasteiger partial charge in [-0.25, -0.2) is 9.97 Å². The molecule has 2 N–H and O–H groups in total. The smallest absolute Gasteiger partial charge is 0.273 e. The third kappa shape index (κ3) is 5.89. The van der Waals surface area contributed by atoms with Gasteiger partial charge in [0.05, 0.1) is 7.11 Å². The predicted octanol–water partition coefficient (Wildman–Crippen LogP) is 3.04. The molecule has 1 aliphatic heterocycles. The Balaban J connectivity index is 1.31. The second-order valence-corrected chi connectivity index (χ2v) is 8.93. The molecule has 2 heterocycles. The molecule has 1 aromatic carbocycles. The van der Waals surface area contributed by atoms with E-state index in [4.69, 9.17) is 4.74 Å². The van der Waals surface area contributed by atoms with Crippen LogP contribution in [0.1, 0.15) is 65.8 Å². The van der Waals surface area contributed by atoms with Gasteiger partial charge in [-0.1, -0.05) is 18.9 Å². The number of ether oxygens (including phenoxy) is 1. The highest BCUT2D eigenvalue weighted by Crippen LogP contribution is 2.28. The zero-order chi connectivity index (χ0) is 23.9. The Morgan fingerprint density at radius 2 is 1.79 bits per heavy atom. The molecule has 2 aliphatic rings. The summed E-state index contributed by atoms with van der Waals surface area (Å²) in [5, 5.41) is 5.76. The molecule has 9 heteroatoms. The first kappa shape index (κ1) is 23.7. The van der Waals surface area contributed by atoms with Crippen molar-refractivity contribution in [3.05, 3.63) is 47.9 Å². The van der Waals surface area contributed by atoms with E-state index in [2.05, 4.69) is 20.6 Å². The fraction of sp³-hybridized carbons (Fsp3) is 0.480. The zero-order valence-corrected chi connectivity index (χ0v) is 19.5. The molecule has 180 valence electrons. The Kier molecular flexibility index (Phi) is 7.72. The molecular formula is C25H31N5O4. The Hall–Kier alpha value is -3.49. The van der Waals surface area contributed by atoms with Crippen molar-refractivity contribution in [1.29, 1.82) is 0 Å². The molecule has 0 radical (unpaired) electrons. The van der Waals surface area contributed by atoms with Gasteiger partial charge in [-0.05, 0) is 49.8 Å². The van der Waals surface area contributed by atoms with E-state index in [0.717, 1.165) is 12.8 Å². The molecule has 1 saturated carbocycles. The summed E-state index contributed by atoms with van der Waals surface area (Å²) in [6, 6.07) is 7.01. The quantitative estimate of drug-likeness (QED) is 0.650. The number of rotatable bonds is 7. The van der Waals surface area contributed by atoms with Gasteiger partial charge >= 0.3 is 0 Å². The maximum absolute atomic E-state index is 12.9. The van der Waals surface area contributed by atoms with Crippen LogP contribution in [0.2, 0.25) is 0 Å². The number of likely N-dealkylation sites (tertiary alicyclic amines) is 1. The van der Waals surface area contributed by atoms with Gasteiger partial charge in [0.25, 0.3) is 11.8 Å². The number of carbonyl (C=O) groups excluding carboxylic acids is 3. The molecule has 0 atom stereocenters. The molecule has 1 aromatic heterocycles. The highest BCUT2D eigenvalue weighted by molar-refractivity contribution is 6.01. The molecule has 4 rings (SSSR count). The number of hydrogen-bond acceptors (Lipinski definition) is 6. The van der Waals surface area contributed by atoms with Gasteiger partial charge in [0, 0.05) is 43.5 Å². The number of anilines is 1. The molecule has 9 nitrogen and oxygen atoms in total. The summed E-state index contributed by atoms with van der Waals surface area (Å²) in [4.78, 5) is 48.3. The van der Waals surface area contributed by atoms with Gasteiger partial charge in [-0.3, -0.25) is 14.4 Å². The molecule has 1 aliphatic carbocycles. The maximum Gasteiger partial charge on any atom is 0.273 e. The number of benzene rings is 1. The number of methoxy groups -OCH3 is 1.